The van der Waals surface area contributed by atoms with Gasteiger partial charge in [-0.25, -0.2) is 8.42 Å². The van der Waals surface area contributed by atoms with Crippen molar-refractivity contribution in [3.8, 4) is 0 Å². The zero-order chi connectivity index (χ0) is 14.7. The number of sulfone groups is 1. The van der Waals surface area contributed by atoms with Gasteiger partial charge in [0.25, 0.3) is 0 Å². The van der Waals surface area contributed by atoms with E-state index < -0.39 is 14.6 Å². The summed E-state index contributed by atoms with van der Waals surface area (Å²) in [6.07, 6.45) is 2.32. The molecule has 1 rings (SSSR count). The van der Waals surface area contributed by atoms with Gasteiger partial charge in [0.15, 0.2) is 9.84 Å². The second-order valence-electron chi connectivity index (χ2n) is 5.73. The standard InChI is InChI=1S/C15H25NO2S/c1-6-13-7-9-14(10-8-13)12(2)16-11-15(3,4)19(5,17)18/h7-10,12,16H,6,11H2,1-5H3. The number of hydrogen-bond acceptors (Lipinski definition) is 3. The van der Waals surface area contributed by atoms with E-state index in [0.717, 1.165) is 6.42 Å². The quantitative estimate of drug-likeness (QED) is 0.873. The highest BCUT2D eigenvalue weighted by molar-refractivity contribution is 7.92. The molecule has 1 aromatic carbocycles. The van der Waals surface area contributed by atoms with Crippen molar-refractivity contribution < 1.29 is 8.42 Å². The molecule has 0 aliphatic carbocycles. The molecule has 0 aromatic heterocycles. The van der Waals surface area contributed by atoms with Gasteiger partial charge in [0.1, 0.15) is 0 Å². The van der Waals surface area contributed by atoms with Crippen molar-refractivity contribution in [2.75, 3.05) is 12.8 Å². The van der Waals surface area contributed by atoms with Crippen LogP contribution in [0.1, 0.15) is 44.9 Å². The van der Waals surface area contributed by atoms with Gasteiger partial charge in [-0.1, -0.05) is 31.2 Å². The van der Waals surface area contributed by atoms with Crippen LogP contribution in [0.4, 0.5) is 0 Å². The molecule has 1 N–H and O–H groups in total. The maximum absolute atomic E-state index is 11.6. The summed E-state index contributed by atoms with van der Waals surface area (Å²) in [4.78, 5) is 0. The lowest BCUT2D eigenvalue weighted by Gasteiger charge is -2.25. The van der Waals surface area contributed by atoms with Crippen molar-refractivity contribution in [3.05, 3.63) is 35.4 Å². The molecular formula is C15H25NO2S. The van der Waals surface area contributed by atoms with Crippen molar-refractivity contribution in [1.82, 2.24) is 5.32 Å². The lowest BCUT2D eigenvalue weighted by molar-refractivity contribution is 0.489. The maximum atomic E-state index is 11.6. The first kappa shape index (κ1) is 16.2. The topological polar surface area (TPSA) is 46.2 Å². The predicted molar refractivity (Wildman–Crippen MR) is 81.2 cm³/mol. The van der Waals surface area contributed by atoms with E-state index in [1.54, 1.807) is 13.8 Å². The summed E-state index contributed by atoms with van der Waals surface area (Å²) in [5, 5.41) is 3.30. The van der Waals surface area contributed by atoms with Crippen LogP contribution in [-0.4, -0.2) is 26.0 Å². The second-order valence-corrected chi connectivity index (χ2v) is 8.38. The summed E-state index contributed by atoms with van der Waals surface area (Å²) in [6.45, 7) is 8.14. The molecule has 0 aliphatic rings. The third kappa shape index (κ3) is 4.32. The number of nitrogens with one attached hydrogen (secondary N) is 1. The molecule has 0 radical (unpaired) electrons. The Labute approximate surface area is 117 Å². The fraction of sp³-hybridized carbons (Fsp3) is 0.600. The highest BCUT2D eigenvalue weighted by Crippen LogP contribution is 2.18. The molecule has 0 saturated heterocycles. The average Bonchev–Trinajstić information content (AvgIpc) is 2.35. The molecule has 108 valence electrons. The monoisotopic (exact) mass is 283 g/mol. The van der Waals surface area contributed by atoms with Crippen LogP contribution in [-0.2, 0) is 16.3 Å². The molecule has 0 spiro atoms. The molecule has 0 aliphatic heterocycles. The summed E-state index contributed by atoms with van der Waals surface area (Å²) in [6, 6.07) is 8.59. The number of rotatable bonds is 6. The van der Waals surface area contributed by atoms with Gasteiger partial charge in [-0.3, -0.25) is 0 Å². The molecule has 3 nitrogen and oxygen atoms in total. The van der Waals surface area contributed by atoms with Crippen molar-refractivity contribution in [1.29, 1.82) is 0 Å². The highest BCUT2D eigenvalue weighted by atomic mass is 32.2. The van der Waals surface area contributed by atoms with E-state index in [9.17, 15) is 8.42 Å². The fourth-order valence-corrected chi connectivity index (χ4v) is 2.04. The summed E-state index contributed by atoms with van der Waals surface area (Å²) in [5.74, 6) is 0. The first-order valence-electron chi connectivity index (χ1n) is 6.69. The van der Waals surface area contributed by atoms with Crippen LogP contribution in [0.3, 0.4) is 0 Å². The minimum Gasteiger partial charge on any atom is -0.309 e. The summed E-state index contributed by atoms with van der Waals surface area (Å²) in [7, 11) is -3.05. The average molecular weight is 283 g/mol. The Hall–Kier alpha value is -0.870. The Morgan fingerprint density at radius 3 is 2.16 bits per heavy atom. The van der Waals surface area contributed by atoms with Crippen molar-refractivity contribution in [2.45, 2.75) is 44.9 Å². The van der Waals surface area contributed by atoms with Gasteiger partial charge in [0.2, 0.25) is 0 Å². The molecule has 0 bridgehead atoms. The minimum atomic E-state index is -3.05. The molecule has 0 heterocycles. The molecule has 1 aromatic rings. The Morgan fingerprint density at radius 1 is 1.21 bits per heavy atom. The van der Waals surface area contributed by atoms with E-state index in [1.807, 2.05) is 0 Å². The van der Waals surface area contributed by atoms with Crippen molar-refractivity contribution in [2.24, 2.45) is 0 Å². The van der Waals surface area contributed by atoms with E-state index in [1.165, 1.54) is 17.4 Å². The number of hydrogen-bond donors (Lipinski definition) is 1. The van der Waals surface area contributed by atoms with Crippen LogP contribution >= 0.6 is 0 Å². The van der Waals surface area contributed by atoms with E-state index in [4.69, 9.17) is 0 Å². The predicted octanol–water partition coefficient (Wildman–Crippen LogP) is 2.72. The smallest absolute Gasteiger partial charge is 0.153 e. The minimum absolute atomic E-state index is 0.145. The number of benzene rings is 1. The summed E-state index contributed by atoms with van der Waals surface area (Å²) in [5.41, 5.74) is 2.49. The van der Waals surface area contributed by atoms with E-state index in [-0.39, 0.29) is 6.04 Å². The summed E-state index contributed by atoms with van der Waals surface area (Å²) < 4.78 is 22.5. The van der Waals surface area contributed by atoms with E-state index in [0.29, 0.717) is 6.54 Å². The fourth-order valence-electron chi connectivity index (χ4n) is 1.69. The Bertz CT molecular complexity index is 503. The van der Waals surface area contributed by atoms with Crippen LogP contribution in [0.15, 0.2) is 24.3 Å². The van der Waals surface area contributed by atoms with Crippen molar-refractivity contribution in [3.63, 3.8) is 0 Å². The molecule has 1 unspecified atom stereocenters. The van der Waals surface area contributed by atoms with Crippen LogP contribution in [0.25, 0.3) is 0 Å². The maximum Gasteiger partial charge on any atom is 0.153 e. The largest absolute Gasteiger partial charge is 0.309 e. The lowest BCUT2D eigenvalue weighted by Crippen LogP contribution is -2.42. The van der Waals surface area contributed by atoms with Crippen LogP contribution in [0.5, 0.6) is 0 Å². The van der Waals surface area contributed by atoms with Crippen LogP contribution in [0.2, 0.25) is 0 Å². The second kappa shape index (κ2) is 6.06. The zero-order valence-electron chi connectivity index (χ0n) is 12.5. The Kier molecular flexibility index (Phi) is 5.16. The first-order valence-corrected chi connectivity index (χ1v) is 8.58. The van der Waals surface area contributed by atoms with E-state index in [2.05, 4.69) is 43.4 Å². The van der Waals surface area contributed by atoms with Gasteiger partial charge in [-0.15, -0.1) is 0 Å². The highest BCUT2D eigenvalue weighted by Gasteiger charge is 2.30. The summed E-state index contributed by atoms with van der Waals surface area (Å²) >= 11 is 0. The third-order valence-electron chi connectivity index (χ3n) is 3.73. The van der Waals surface area contributed by atoms with Gasteiger partial charge in [-0.05, 0) is 38.3 Å². The van der Waals surface area contributed by atoms with Crippen LogP contribution in [0, 0.1) is 0 Å². The molecule has 0 fully saturated rings. The molecular weight excluding hydrogens is 258 g/mol. The SMILES string of the molecule is CCc1ccc(C(C)NCC(C)(C)S(C)(=O)=O)cc1. The van der Waals surface area contributed by atoms with Gasteiger partial charge < -0.3 is 5.32 Å². The molecule has 0 saturated carbocycles. The molecule has 4 heteroatoms. The van der Waals surface area contributed by atoms with Crippen LogP contribution < -0.4 is 5.32 Å². The van der Waals surface area contributed by atoms with Gasteiger partial charge >= 0.3 is 0 Å². The zero-order valence-corrected chi connectivity index (χ0v) is 13.3. The van der Waals surface area contributed by atoms with Crippen molar-refractivity contribution >= 4 is 9.84 Å². The lowest BCUT2D eigenvalue weighted by atomic mass is 10.0. The molecule has 1 atom stereocenters. The molecule has 0 amide bonds. The Balaban J connectivity index is 2.67. The first-order chi connectivity index (χ1) is 8.67. The Morgan fingerprint density at radius 2 is 1.74 bits per heavy atom. The van der Waals surface area contributed by atoms with Gasteiger partial charge in [-0.2, -0.15) is 0 Å². The van der Waals surface area contributed by atoms with Gasteiger partial charge in [0.05, 0.1) is 4.75 Å². The normalized spacial score (nSPS) is 14.4. The third-order valence-corrected chi connectivity index (χ3v) is 5.88. The number of aryl methyl sites for hydroxylation is 1. The van der Waals surface area contributed by atoms with Gasteiger partial charge in [0, 0.05) is 18.8 Å². The molecule has 19 heavy (non-hydrogen) atoms. The van der Waals surface area contributed by atoms with E-state index >= 15 is 0 Å².